The Morgan fingerprint density at radius 1 is 1.31 bits per heavy atom. The van der Waals surface area contributed by atoms with Crippen molar-refractivity contribution < 1.29 is 13.9 Å². The molecule has 0 aliphatic rings. The van der Waals surface area contributed by atoms with Crippen molar-refractivity contribution >= 4 is 16.9 Å². The lowest BCUT2D eigenvalue weighted by molar-refractivity contribution is -0.146. The summed E-state index contributed by atoms with van der Waals surface area (Å²) in [6.45, 7) is 3.58. The Kier molecular flexibility index (Phi) is 2.46. The smallest absolute Gasteiger partial charge is 0.318 e. The third kappa shape index (κ3) is 1.58. The van der Waals surface area contributed by atoms with Crippen LogP contribution in [0.5, 0.6) is 0 Å². The average molecular weight is 218 g/mol. The fourth-order valence-corrected chi connectivity index (χ4v) is 1.65. The molecule has 0 N–H and O–H groups in total. The Morgan fingerprint density at radius 2 is 2.00 bits per heavy atom. The molecular formula is C13H14O3. The van der Waals surface area contributed by atoms with E-state index in [1.807, 2.05) is 30.3 Å². The second-order valence-electron chi connectivity index (χ2n) is 4.27. The van der Waals surface area contributed by atoms with Gasteiger partial charge in [-0.25, -0.2) is 0 Å². The number of furan rings is 1. The zero-order valence-corrected chi connectivity index (χ0v) is 9.61. The summed E-state index contributed by atoms with van der Waals surface area (Å²) in [5, 5.41) is 0.995. The van der Waals surface area contributed by atoms with Crippen LogP contribution >= 0.6 is 0 Å². The number of hydrogen-bond acceptors (Lipinski definition) is 3. The average Bonchev–Trinajstić information content (AvgIpc) is 2.72. The van der Waals surface area contributed by atoms with Gasteiger partial charge in [-0.2, -0.15) is 0 Å². The largest absolute Gasteiger partial charge is 0.468 e. The van der Waals surface area contributed by atoms with Crippen LogP contribution in [-0.2, 0) is 14.9 Å². The SMILES string of the molecule is COC(=O)C(C)(C)c1cc2ccccc2o1. The molecule has 1 aromatic heterocycles. The number of fused-ring (bicyclic) bond motifs is 1. The number of esters is 1. The molecule has 0 atom stereocenters. The summed E-state index contributed by atoms with van der Waals surface area (Å²) in [5.74, 6) is 0.326. The number of methoxy groups -OCH3 is 1. The zero-order valence-electron chi connectivity index (χ0n) is 9.61. The molecule has 0 amide bonds. The van der Waals surface area contributed by atoms with E-state index in [2.05, 4.69) is 0 Å². The topological polar surface area (TPSA) is 39.4 Å². The summed E-state index contributed by atoms with van der Waals surface area (Å²) < 4.78 is 10.4. The van der Waals surface area contributed by atoms with E-state index in [0.29, 0.717) is 5.76 Å². The van der Waals surface area contributed by atoms with Crippen molar-refractivity contribution in [2.24, 2.45) is 0 Å². The highest BCUT2D eigenvalue weighted by molar-refractivity contribution is 5.85. The predicted octanol–water partition coefficient (Wildman–Crippen LogP) is 2.88. The number of benzene rings is 1. The second-order valence-corrected chi connectivity index (χ2v) is 4.27. The van der Waals surface area contributed by atoms with Gasteiger partial charge in [0.2, 0.25) is 0 Å². The first kappa shape index (κ1) is 10.7. The summed E-state index contributed by atoms with van der Waals surface area (Å²) in [7, 11) is 1.38. The van der Waals surface area contributed by atoms with Gasteiger partial charge < -0.3 is 9.15 Å². The van der Waals surface area contributed by atoms with Crippen molar-refractivity contribution in [3.8, 4) is 0 Å². The van der Waals surface area contributed by atoms with Crippen LogP contribution in [-0.4, -0.2) is 13.1 Å². The standard InChI is InChI=1S/C13H14O3/c1-13(2,12(14)15-3)11-8-9-6-4-5-7-10(9)16-11/h4-8H,1-3H3. The molecule has 1 heterocycles. The monoisotopic (exact) mass is 218 g/mol. The van der Waals surface area contributed by atoms with E-state index in [1.54, 1.807) is 13.8 Å². The van der Waals surface area contributed by atoms with Gasteiger partial charge in [-0.15, -0.1) is 0 Å². The van der Waals surface area contributed by atoms with Crippen LogP contribution < -0.4 is 0 Å². The molecule has 1 aromatic carbocycles. The van der Waals surface area contributed by atoms with Gasteiger partial charge in [0.1, 0.15) is 16.8 Å². The van der Waals surface area contributed by atoms with Crippen molar-refractivity contribution in [2.45, 2.75) is 19.3 Å². The third-order valence-electron chi connectivity index (χ3n) is 2.74. The Bertz CT molecular complexity index is 490. The maximum atomic E-state index is 11.6. The summed E-state index contributed by atoms with van der Waals surface area (Å²) in [6.07, 6.45) is 0. The number of carbonyl (C=O) groups excluding carboxylic acids is 1. The van der Waals surface area contributed by atoms with Gasteiger partial charge in [-0.1, -0.05) is 18.2 Å². The van der Waals surface area contributed by atoms with E-state index in [9.17, 15) is 4.79 Å². The van der Waals surface area contributed by atoms with E-state index in [4.69, 9.17) is 9.15 Å². The first-order valence-electron chi connectivity index (χ1n) is 5.13. The minimum absolute atomic E-state index is 0.299. The van der Waals surface area contributed by atoms with Gasteiger partial charge in [-0.3, -0.25) is 4.79 Å². The molecule has 3 nitrogen and oxygen atoms in total. The van der Waals surface area contributed by atoms with Crippen molar-refractivity contribution in [1.82, 2.24) is 0 Å². The molecule has 2 aromatic rings. The Morgan fingerprint density at radius 3 is 2.62 bits per heavy atom. The molecule has 0 saturated heterocycles. The molecule has 0 aliphatic heterocycles. The van der Waals surface area contributed by atoms with Gasteiger partial charge in [0.05, 0.1) is 7.11 Å². The summed E-state index contributed by atoms with van der Waals surface area (Å²) in [5.41, 5.74) is 0.0304. The van der Waals surface area contributed by atoms with E-state index in [-0.39, 0.29) is 5.97 Å². The van der Waals surface area contributed by atoms with E-state index < -0.39 is 5.41 Å². The third-order valence-corrected chi connectivity index (χ3v) is 2.74. The van der Waals surface area contributed by atoms with Crippen molar-refractivity contribution in [3.05, 3.63) is 36.1 Å². The second kappa shape index (κ2) is 3.67. The van der Waals surface area contributed by atoms with Crippen LogP contribution in [0.3, 0.4) is 0 Å². The quantitative estimate of drug-likeness (QED) is 0.727. The zero-order chi connectivity index (χ0) is 11.8. The van der Waals surface area contributed by atoms with Crippen molar-refractivity contribution in [3.63, 3.8) is 0 Å². The highest BCUT2D eigenvalue weighted by atomic mass is 16.5. The molecular weight excluding hydrogens is 204 g/mol. The van der Waals surface area contributed by atoms with Crippen LogP contribution in [0.2, 0.25) is 0 Å². The fraction of sp³-hybridized carbons (Fsp3) is 0.308. The number of ether oxygens (including phenoxy) is 1. The van der Waals surface area contributed by atoms with Crippen LogP contribution in [0, 0.1) is 0 Å². The lowest BCUT2D eigenvalue weighted by atomic mass is 9.90. The Labute approximate surface area is 94.0 Å². The van der Waals surface area contributed by atoms with Crippen LogP contribution in [0.25, 0.3) is 11.0 Å². The predicted molar refractivity (Wildman–Crippen MR) is 61.3 cm³/mol. The number of rotatable bonds is 2. The molecule has 0 saturated carbocycles. The van der Waals surface area contributed by atoms with E-state index >= 15 is 0 Å². The van der Waals surface area contributed by atoms with E-state index in [0.717, 1.165) is 11.0 Å². The van der Waals surface area contributed by atoms with Gasteiger partial charge in [0.25, 0.3) is 0 Å². The highest BCUT2D eigenvalue weighted by Crippen LogP contribution is 2.30. The van der Waals surface area contributed by atoms with Gasteiger partial charge in [0, 0.05) is 5.39 Å². The van der Waals surface area contributed by atoms with Crippen LogP contribution in [0.1, 0.15) is 19.6 Å². The molecule has 2 rings (SSSR count). The first-order chi connectivity index (χ1) is 7.55. The van der Waals surface area contributed by atoms with Crippen molar-refractivity contribution in [1.29, 1.82) is 0 Å². The highest BCUT2D eigenvalue weighted by Gasteiger charge is 2.34. The van der Waals surface area contributed by atoms with Gasteiger partial charge in [-0.05, 0) is 26.0 Å². The molecule has 84 valence electrons. The first-order valence-corrected chi connectivity index (χ1v) is 5.13. The molecule has 0 unspecified atom stereocenters. The molecule has 0 spiro atoms. The molecule has 0 fully saturated rings. The van der Waals surface area contributed by atoms with Gasteiger partial charge >= 0.3 is 5.97 Å². The minimum Gasteiger partial charge on any atom is -0.468 e. The number of hydrogen-bond donors (Lipinski definition) is 0. The molecule has 16 heavy (non-hydrogen) atoms. The summed E-state index contributed by atoms with van der Waals surface area (Å²) in [4.78, 5) is 11.6. The van der Waals surface area contributed by atoms with Crippen LogP contribution in [0.15, 0.2) is 34.7 Å². The summed E-state index contributed by atoms with van der Waals surface area (Å²) in [6, 6.07) is 9.56. The van der Waals surface area contributed by atoms with Gasteiger partial charge in [0.15, 0.2) is 0 Å². The molecule has 0 bridgehead atoms. The molecule has 0 aliphatic carbocycles. The molecule has 0 radical (unpaired) electrons. The lowest BCUT2D eigenvalue weighted by Gasteiger charge is -2.18. The molecule has 3 heteroatoms. The van der Waals surface area contributed by atoms with E-state index in [1.165, 1.54) is 7.11 Å². The number of carbonyl (C=O) groups is 1. The Balaban J connectivity index is 2.51. The number of para-hydroxylation sites is 1. The lowest BCUT2D eigenvalue weighted by Crippen LogP contribution is -2.29. The minimum atomic E-state index is -0.756. The summed E-state index contributed by atoms with van der Waals surface area (Å²) >= 11 is 0. The normalized spacial score (nSPS) is 11.7. The Hall–Kier alpha value is -1.77. The maximum Gasteiger partial charge on any atom is 0.318 e. The van der Waals surface area contributed by atoms with Crippen molar-refractivity contribution in [2.75, 3.05) is 7.11 Å². The maximum absolute atomic E-state index is 11.6. The fourth-order valence-electron chi connectivity index (χ4n) is 1.65. The van der Waals surface area contributed by atoms with Crippen LogP contribution in [0.4, 0.5) is 0 Å².